The Morgan fingerprint density at radius 1 is 0.878 bits per heavy atom. The first-order chi connectivity index (χ1) is 19.1. The SMILES string of the molecule is CCN(CC)c1ccc2cc(C(=O)N(c3oc(NC(C)(C)C)c(C(=O)OC)c3C(=O)OC)C(C)(C)C)c(=O)oc2c1. The molecular formula is C30H39N3O8. The molecule has 2 heterocycles. The second-order valence-electron chi connectivity index (χ2n) is 11.5. The second-order valence-corrected chi connectivity index (χ2v) is 11.5. The fraction of sp³-hybridized carbons (Fsp3) is 0.467. The Bertz CT molecular complexity index is 1520. The summed E-state index contributed by atoms with van der Waals surface area (Å²) in [6, 6.07) is 6.87. The number of nitrogens with one attached hydrogen (secondary N) is 1. The van der Waals surface area contributed by atoms with Crippen molar-refractivity contribution in [3.63, 3.8) is 0 Å². The van der Waals surface area contributed by atoms with Crippen molar-refractivity contribution in [1.82, 2.24) is 0 Å². The van der Waals surface area contributed by atoms with Gasteiger partial charge < -0.3 is 28.5 Å². The number of amides is 1. The van der Waals surface area contributed by atoms with Gasteiger partial charge in [-0.15, -0.1) is 0 Å². The summed E-state index contributed by atoms with van der Waals surface area (Å²) < 4.78 is 21.6. The Labute approximate surface area is 239 Å². The molecule has 3 rings (SSSR count). The van der Waals surface area contributed by atoms with Crippen molar-refractivity contribution in [1.29, 1.82) is 0 Å². The molecule has 1 N–H and O–H groups in total. The molecule has 0 radical (unpaired) electrons. The van der Waals surface area contributed by atoms with Crippen molar-refractivity contribution in [2.75, 3.05) is 42.4 Å². The minimum Gasteiger partial charge on any atom is -0.465 e. The van der Waals surface area contributed by atoms with Crippen LogP contribution in [-0.4, -0.2) is 56.2 Å². The van der Waals surface area contributed by atoms with Crippen LogP contribution in [0.15, 0.2) is 37.9 Å². The van der Waals surface area contributed by atoms with Gasteiger partial charge >= 0.3 is 17.6 Å². The van der Waals surface area contributed by atoms with Gasteiger partial charge in [-0.25, -0.2) is 14.4 Å². The van der Waals surface area contributed by atoms with Crippen LogP contribution in [0.25, 0.3) is 11.0 Å². The highest BCUT2D eigenvalue weighted by Gasteiger charge is 2.42. The van der Waals surface area contributed by atoms with Gasteiger partial charge in [-0.2, -0.15) is 0 Å². The van der Waals surface area contributed by atoms with Gasteiger partial charge in [0.25, 0.3) is 5.91 Å². The standard InChI is InChI=1S/C30H39N3O8/c1-11-32(12-2)18-14-13-17-15-19(26(35)40-20(17)16-18)24(34)33(30(6,7)8)25-22(28(37)39-10)21(27(36)38-9)23(41-25)31-29(3,4)5/h13-16,31H,11-12H2,1-10H3. The lowest BCUT2D eigenvalue weighted by Crippen LogP contribution is -2.47. The number of fused-ring (bicyclic) bond motifs is 1. The quantitative estimate of drug-likeness (QED) is 0.275. The Morgan fingerprint density at radius 3 is 1.98 bits per heavy atom. The third-order valence-electron chi connectivity index (χ3n) is 6.31. The van der Waals surface area contributed by atoms with Crippen LogP contribution in [-0.2, 0) is 9.47 Å². The topological polar surface area (TPSA) is 132 Å². The number of methoxy groups -OCH3 is 2. The van der Waals surface area contributed by atoms with E-state index in [1.54, 1.807) is 32.9 Å². The molecule has 0 aliphatic carbocycles. The van der Waals surface area contributed by atoms with Crippen LogP contribution in [0.2, 0.25) is 0 Å². The number of anilines is 3. The zero-order chi connectivity index (χ0) is 30.9. The molecule has 11 heteroatoms. The number of nitrogens with zero attached hydrogens (tertiary/aromatic N) is 2. The lowest BCUT2D eigenvalue weighted by molar-refractivity contribution is 0.0557. The first-order valence-electron chi connectivity index (χ1n) is 13.4. The lowest BCUT2D eigenvalue weighted by atomic mass is 10.0. The van der Waals surface area contributed by atoms with Crippen molar-refractivity contribution in [2.45, 2.75) is 66.5 Å². The van der Waals surface area contributed by atoms with Crippen molar-refractivity contribution < 1.29 is 32.7 Å². The summed E-state index contributed by atoms with van der Waals surface area (Å²) in [6.07, 6.45) is 0. The fourth-order valence-corrected chi connectivity index (χ4v) is 4.45. The maximum absolute atomic E-state index is 14.1. The molecule has 3 aromatic rings. The number of hydrogen-bond donors (Lipinski definition) is 1. The smallest absolute Gasteiger partial charge is 0.349 e. The molecule has 2 aromatic heterocycles. The van der Waals surface area contributed by atoms with E-state index in [2.05, 4.69) is 10.2 Å². The van der Waals surface area contributed by atoms with Crippen LogP contribution in [0.5, 0.6) is 0 Å². The minimum absolute atomic E-state index is 0.0868. The summed E-state index contributed by atoms with van der Waals surface area (Å²) >= 11 is 0. The average molecular weight is 570 g/mol. The van der Waals surface area contributed by atoms with E-state index in [1.807, 2.05) is 40.7 Å². The highest BCUT2D eigenvalue weighted by Crippen LogP contribution is 2.40. The Kier molecular flexibility index (Phi) is 8.90. The summed E-state index contributed by atoms with van der Waals surface area (Å²) in [5, 5.41) is 3.59. The van der Waals surface area contributed by atoms with E-state index in [4.69, 9.17) is 18.3 Å². The van der Waals surface area contributed by atoms with E-state index in [1.165, 1.54) is 6.07 Å². The molecule has 0 saturated carbocycles. The third-order valence-corrected chi connectivity index (χ3v) is 6.31. The first kappa shape index (κ1) is 31.3. The van der Waals surface area contributed by atoms with E-state index >= 15 is 0 Å². The van der Waals surface area contributed by atoms with Gasteiger partial charge in [-0.05, 0) is 73.6 Å². The van der Waals surface area contributed by atoms with Crippen LogP contribution in [0.3, 0.4) is 0 Å². The predicted molar refractivity (Wildman–Crippen MR) is 157 cm³/mol. The molecule has 41 heavy (non-hydrogen) atoms. The van der Waals surface area contributed by atoms with E-state index < -0.39 is 34.5 Å². The molecule has 0 fully saturated rings. The maximum Gasteiger partial charge on any atom is 0.349 e. The molecule has 1 amide bonds. The number of furan rings is 1. The van der Waals surface area contributed by atoms with Crippen molar-refractivity contribution in [2.24, 2.45) is 0 Å². The molecule has 0 bridgehead atoms. The van der Waals surface area contributed by atoms with Gasteiger partial charge in [0.1, 0.15) is 22.3 Å². The minimum atomic E-state index is -1.04. The van der Waals surface area contributed by atoms with Gasteiger partial charge in [0.05, 0.1) is 14.2 Å². The number of carbonyl (C=O) groups excluding carboxylic acids is 3. The van der Waals surface area contributed by atoms with Crippen LogP contribution < -0.4 is 20.7 Å². The molecular weight excluding hydrogens is 530 g/mol. The van der Waals surface area contributed by atoms with Gasteiger partial charge in [-0.1, -0.05) is 0 Å². The van der Waals surface area contributed by atoms with Crippen LogP contribution >= 0.6 is 0 Å². The van der Waals surface area contributed by atoms with Crippen LogP contribution in [0.1, 0.15) is 86.5 Å². The number of rotatable bonds is 8. The number of benzene rings is 1. The Balaban J connectivity index is 2.29. The molecule has 0 aliphatic heterocycles. The molecule has 222 valence electrons. The highest BCUT2D eigenvalue weighted by atomic mass is 16.5. The fourth-order valence-electron chi connectivity index (χ4n) is 4.45. The zero-order valence-electron chi connectivity index (χ0n) is 25.4. The molecule has 0 unspecified atom stereocenters. The van der Waals surface area contributed by atoms with E-state index in [-0.39, 0.29) is 28.5 Å². The van der Waals surface area contributed by atoms with E-state index in [0.717, 1.165) is 37.9 Å². The van der Waals surface area contributed by atoms with E-state index in [0.29, 0.717) is 11.0 Å². The van der Waals surface area contributed by atoms with Crippen molar-refractivity contribution in [3.8, 4) is 0 Å². The molecule has 11 nitrogen and oxygen atoms in total. The predicted octanol–water partition coefficient (Wildman–Crippen LogP) is 5.46. The van der Waals surface area contributed by atoms with Gasteiger partial charge in [0.2, 0.25) is 11.8 Å². The summed E-state index contributed by atoms with van der Waals surface area (Å²) in [6.45, 7) is 16.2. The van der Waals surface area contributed by atoms with Gasteiger partial charge in [-0.3, -0.25) is 9.69 Å². The second kappa shape index (κ2) is 11.7. The summed E-state index contributed by atoms with van der Waals surface area (Å²) in [5.41, 5.74) is -2.13. The largest absolute Gasteiger partial charge is 0.465 e. The number of hydrogen-bond acceptors (Lipinski definition) is 10. The van der Waals surface area contributed by atoms with Crippen molar-refractivity contribution in [3.05, 3.63) is 51.4 Å². The molecule has 0 spiro atoms. The van der Waals surface area contributed by atoms with Crippen LogP contribution in [0.4, 0.5) is 17.5 Å². The van der Waals surface area contributed by atoms with Crippen molar-refractivity contribution >= 4 is 46.3 Å². The molecule has 0 atom stereocenters. The lowest BCUT2D eigenvalue weighted by Gasteiger charge is -2.33. The zero-order valence-corrected chi connectivity index (χ0v) is 25.4. The van der Waals surface area contributed by atoms with Gasteiger partial charge in [0, 0.05) is 41.3 Å². The number of carbonyl (C=O) groups is 3. The summed E-state index contributed by atoms with van der Waals surface area (Å²) in [7, 11) is 2.31. The third kappa shape index (κ3) is 6.39. The molecule has 0 aliphatic rings. The monoisotopic (exact) mass is 569 g/mol. The maximum atomic E-state index is 14.1. The summed E-state index contributed by atoms with van der Waals surface area (Å²) in [5.74, 6) is -2.96. The number of ether oxygens (including phenoxy) is 2. The number of esters is 2. The average Bonchev–Trinajstić information content (AvgIpc) is 3.23. The summed E-state index contributed by atoms with van der Waals surface area (Å²) in [4.78, 5) is 56.6. The normalized spacial score (nSPS) is 11.8. The first-order valence-corrected chi connectivity index (χ1v) is 13.4. The van der Waals surface area contributed by atoms with Crippen LogP contribution in [0, 0.1) is 0 Å². The van der Waals surface area contributed by atoms with Gasteiger partial charge in [0.15, 0.2) is 0 Å². The molecule has 0 saturated heterocycles. The molecule has 1 aromatic carbocycles. The Hall–Kier alpha value is -4.28. The van der Waals surface area contributed by atoms with E-state index in [9.17, 15) is 19.2 Å². The Morgan fingerprint density at radius 2 is 1.46 bits per heavy atom. The highest BCUT2D eigenvalue weighted by molar-refractivity contribution is 6.15.